The van der Waals surface area contributed by atoms with Crippen molar-refractivity contribution in [2.75, 3.05) is 51.3 Å². The first-order chi connectivity index (χ1) is 15.2. The van der Waals surface area contributed by atoms with E-state index in [4.69, 9.17) is 9.57 Å². The molecule has 4 heterocycles. The Hall–Kier alpha value is -3.12. The summed E-state index contributed by atoms with van der Waals surface area (Å²) in [7, 11) is 1.52. The number of anilines is 1. The van der Waals surface area contributed by atoms with E-state index in [2.05, 4.69) is 34.9 Å². The van der Waals surface area contributed by atoms with Crippen LogP contribution in [-0.2, 0) is 20.9 Å². The van der Waals surface area contributed by atoms with E-state index >= 15 is 0 Å². The molecule has 4 rings (SSSR count). The molecule has 0 atom stereocenters. The van der Waals surface area contributed by atoms with E-state index in [1.54, 1.807) is 18.9 Å². The monoisotopic (exact) mass is 444 g/mol. The maximum absolute atomic E-state index is 11.7. The van der Waals surface area contributed by atoms with Gasteiger partial charge >= 0.3 is 5.97 Å². The molecule has 1 aliphatic rings. The molecule has 164 valence electrons. The van der Waals surface area contributed by atoms with Crippen LogP contribution in [0.5, 0.6) is 0 Å². The lowest BCUT2D eigenvalue weighted by Gasteiger charge is -2.34. The first-order valence-corrected chi connectivity index (χ1v) is 10.9. The van der Waals surface area contributed by atoms with Crippen molar-refractivity contribution in [2.45, 2.75) is 13.5 Å². The van der Waals surface area contributed by atoms with E-state index in [-0.39, 0.29) is 5.97 Å². The molecule has 1 saturated heterocycles. The molecule has 0 radical (unpaired) electrons. The zero-order chi connectivity index (χ0) is 21.6. The molecule has 1 aliphatic heterocycles. The highest BCUT2D eigenvalue weighted by atomic mass is 32.1. The van der Waals surface area contributed by atoms with Gasteiger partial charge in [-0.25, -0.2) is 19.9 Å². The number of piperazine rings is 1. The summed E-state index contributed by atoms with van der Waals surface area (Å²) in [6.45, 7) is 5.95. The largest absolute Gasteiger partial charge is 0.465 e. The summed E-state index contributed by atoms with van der Waals surface area (Å²) < 4.78 is 6.96. The van der Waals surface area contributed by atoms with Gasteiger partial charge < -0.3 is 19.0 Å². The van der Waals surface area contributed by atoms with Crippen LogP contribution in [0.4, 0.5) is 5.82 Å². The maximum Gasteiger partial charge on any atom is 0.320 e. The van der Waals surface area contributed by atoms with Gasteiger partial charge in [0.1, 0.15) is 24.2 Å². The van der Waals surface area contributed by atoms with Gasteiger partial charge in [-0.15, -0.1) is 11.3 Å². The van der Waals surface area contributed by atoms with Crippen LogP contribution in [0.15, 0.2) is 29.4 Å². The molecule has 11 nitrogen and oxygen atoms in total. The lowest BCUT2D eigenvalue weighted by molar-refractivity contribution is -0.144. The number of hydrogen-bond donors (Lipinski definition) is 0. The van der Waals surface area contributed by atoms with Gasteiger partial charge in [0.25, 0.3) is 0 Å². The molecule has 0 spiro atoms. The van der Waals surface area contributed by atoms with Crippen molar-refractivity contribution in [1.82, 2.24) is 29.4 Å². The number of aromatic nitrogens is 5. The number of oxime groups is 1. The molecule has 3 aromatic rings. The van der Waals surface area contributed by atoms with Gasteiger partial charge in [0.05, 0.1) is 26.0 Å². The second-order valence-corrected chi connectivity index (χ2v) is 7.76. The molecule has 0 N–H and O–H groups in total. The molecule has 1 fully saturated rings. The first kappa shape index (κ1) is 21.1. The van der Waals surface area contributed by atoms with E-state index in [9.17, 15) is 4.79 Å². The van der Waals surface area contributed by atoms with Crippen LogP contribution in [0.25, 0.3) is 11.2 Å². The Balaban J connectivity index is 1.49. The average molecular weight is 445 g/mol. The number of rotatable bonds is 8. The van der Waals surface area contributed by atoms with Crippen molar-refractivity contribution in [1.29, 1.82) is 0 Å². The Morgan fingerprint density at radius 1 is 1.16 bits per heavy atom. The molecular weight excluding hydrogens is 420 g/mol. The fraction of sp³-hybridized carbons (Fsp3) is 0.474. The number of esters is 1. The minimum absolute atomic E-state index is 0.187. The number of thiazole rings is 1. The lowest BCUT2D eigenvalue weighted by Crippen LogP contribution is -2.48. The van der Waals surface area contributed by atoms with Crippen LogP contribution in [0.2, 0.25) is 0 Å². The predicted molar refractivity (Wildman–Crippen MR) is 116 cm³/mol. The van der Waals surface area contributed by atoms with Crippen LogP contribution in [0, 0.1) is 0 Å². The molecule has 0 aliphatic carbocycles. The smallest absolute Gasteiger partial charge is 0.320 e. The van der Waals surface area contributed by atoms with Gasteiger partial charge in [0.2, 0.25) is 0 Å². The van der Waals surface area contributed by atoms with Crippen LogP contribution >= 0.6 is 11.3 Å². The SMILES string of the molecule is CCOC(=O)CN1CCN(c2ncnc3c2ncn3C/C(=N/OC)c2nccs2)CC1. The number of carbonyl (C=O) groups is 1. The van der Waals surface area contributed by atoms with Crippen molar-refractivity contribution in [3.05, 3.63) is 29.2 Å². The van der Waals surface area contributed by atoms with Crippen molar-refractivity contribution < 1.29 is 14.4 Å². The Morgan fingerprint density at radius 3 is 2.71 bits per heavy atom. The van der Waals surface area contributed by atoms with Crippen LogP contribution in [0.3, 0.4) is 0 Å². The van der Waals surface area contributed by atoms with Crippen molar-refractivity contribution in [3.8, 4) is 0 Å². The Kier molecular flexibility index (Phi) is 6.67. The standard InChI is InChI=1S/C19H24N8O3S/c1-3-30-15(28)11-25-5-7-26(8-6-25)17-16-18(22-12-21-17)27(13-23-16)10-14(24-29-2)19-20-4-9-31-19/h4,9,12-13H,3,5-8,10-11H2,1-2H3/b24-14-. The Labute approximate surface area is 183 Å². The van der Waals surface area contributed by atoms with Gasteiger partial charge in [-0.2, -0.15) is 0 Å². The van der Waals surface area contributed by atoms with Gasteiger partial charge in [0.15, 0.2) is 17.0 Å². The number of hydrogen-bond acceptors (Lipinski definition) is 11. The number of carbonyl (C=O) groups excluding carboxylic acids is 1. The predicted octanol–water partition coefficient (Wildman–Crippen LogP) is 1.02. The summed E-state index contributed by atoms with van der Waals surface area (Å²) in [5.41, 5.74) is 2.15. The van der Waals surface area contributed by atoms with Crippen LogP contribution in [0.1, 0.15) is 11.9 Å². The summed E-state index contributed by atoms with van der Waals surface area (Å²) in [6, 6.07) is 0. The molecule has 0 bridgehead atoms. The topological polar surface area (TPSA) is 111 Å². The highest BCUT2D eigenvalue weighted by molar-refractivity contribution is 7.11. The van der Waals surface area contributed by atoms with Crippen molar-refractivity contribution in [3.63, 3.8) is 0 Å². The second-order valence-electron chi connectivity index (χ2n) is 6.87. The molecule has 12 heteroatoms. The summed E-state index contributed by atoms with van der Waals surface area (Å²) in [6.07, 6.45) is 5.02. The molecule has 0 amide bonds. The molecular formula is C19H24N8O3S. The van der Waals surface area contributed by atoms with E-state index in [0.717, 1.165) is 48.2 Å². The highest BCUT2D eigenvalue weighted by Crippen LogP contribution is 2.23. The number of imidazole rings is 1. The van der Waals surface area contributed by atoms with E-state index in [0.29, 0.717) is 25.4 Å². The van der Waals surface area contributed by atoms with Crippen molar-refractivity contribution in [2.24, 2.45) is 5.16 Å². The lowest BCUT2D eigenvalue weighted by atomic mass is 10.3. The van der Waals surface area contributed by atoms with Gasteiger partial charge in [0, 0.05) is 37.8 Å². The average Bonchev–Trinajstić information content (AvgIpc) is 3.45. The van der Waals surface area contributed by atoms with E-state index in [1.807, 2.05) is 16.9 Å². The second kappa shape index (κ2) is 9.79. The van der Waals surface area contributed by atoms with E-state index in [1.165, 1.54) is 18.4 Å². The minimum Gasteiger partial charge on any atom is -0.465 e. The number of fused-ring (bicyclic) bond motifs is 1. The van der Waals surface area contributed by atoms with Gasteiger partial charge in [-0.05, 0) is 6.92 Å². The Morgan fingerprint density at radius 2 is 2.00 bits per heavy atom. The summed E-state index contributed by atoms with van der Waals surface area (Å²) >= 11 is 1.50. The van der Waals surface area contributed by atoms with Gasteiger partial charge in [-0.3, -0.25) is 9.69 Å². The van der Waals surface area contributed by atoms with Crippen LogP contribution < -0.4 is 4.90 Å². The minimum atomic E-state index is -0.187. The van der Waals surface area contributed by atoms with E-state index < -0.39 is 0 Å². The first-order valence-electron chi connectivity index (χ1n) is 9.98. The number of ether oxygens (including phenoxy) is 1. The van der Waals surface area contributed by atoms with Gasteiger partial charge in [-0.1, -0.05) is 5.16 Å². The fourth-order valence-corrected chi connectivity index (χ4v) is 4.11. The molecule has 0 unspecified atom stereocenters. The molecule has 0 saturated carbocycles. The fourth-order valence-electron chi connectivity index (χ4n) is 3.50. The van der Waals surface area contributed by atoms with Crippen molar-refractivity contribution >= 4 is 40.0 Å². The maximum atomic E-state index is 11.7. The molecule has 31 heavy (non-hydrogen) atoms. The summed E-state index contributed by atoms with van der Waals surface area (Å²) in [4.78, 5) is 38.8. The highest BCUT2D eigenvalue weighted by Gasteiger charge is 2.23. The Bertz CT molecular complexity index is 1040. The quantitative estimate of drug-likeness (QED) is 0.286. The third-order valence-corrected chi connectivity index (χ3v) is 5.73. The molecule has 3 aromatic heterocycles. The summed E-state index contributed by atoms with van der Waals surface area (Å²) in [5, 5.41) is 6.81. The number of nitrogens with zero attached hydrogens (tertiary/aromatic N) is 8. The summed E-state index contributed by atoms with van der Waals surface area (Å²) in [5.74, 6) is 0.604. The third-order valence-electron chi connectivity index (χ3n) is 4.91. The normalized spacial score (nSPS) is 15.4. The molecule has 0 aromatic carbocycles. The third kappa shape index (κ3) is 4.80. The van der Waals surface area contributed by atoms with Crippen LogP contribution in [-0.4, -0.2) is 87.5 Å². The zero-order valence-electron chi connectivity index (χ0n) is 17.5. The zero-order valence-corrected chi connectivity index (χ0v) is 18.3.